The summed E-state index contributed by atoms with van der Waals surface area (Å²) in [5, 5.41) is 0.679. The van der Waals surface area contributed by atoms with E-state index in [-0.39, 0.29) is 0 Å². The predicted octanol–water partition coefficient (Wildman–Crippen LogP) is -0.123. The number of anilines is 2. The normalized spacial score (nSPS) is 10.7. The van der Waals surface area contributed by atoms with Crippen molar-refractivity contribution in [1.82, 2.24) is 19.9 Å². The fourth-order valence-electron chi connectivity index (χ4n) is 0.994. The van der Waals surface area contributed by atoms with Crippen LogP contribution >= 0.6 is 11.8 Å². The molecular weight excluding hydrogens is 238 g/mol. The molecule has 0 aliphatic heterocycles. The Morgan fingerprint density at radius 3 is 2.41 bits per heavy atom. The molecule has 1 aromatic rings. The van der Waals surface area contributed by atoms with Crippen LogP contribution in [0.3, 0.4) is 0 Å². The summed E-state index contributed by atoms with van der Waals surface area (Å²) >= 11 is 1.58. The van der Waals surface area contributed by atoms with Gasteiger partial charge in [-0.25, -0.2) is 5.84 Å². The number of rotatable bonds is 6. The van der Waals surface area contributed by atoms with Gasteiger partial charge in [0.25, 0.3) is 0 Å². The average molecular weight is 257 g/mol. The van der Waals surface area contributed by atoms with E-state index in [4.69, 9.17) is 5.84 Å². The first kappa shape index (κ1) is 13.9. The fourth-order valence-corrected chi connectivity index (χ4v) is 1.93. The molecule has 0 bridgehead atoms. The van der Waals surface area contributed by atoms with Gasteiger partial charge in [-0.2, -0.15) is 15.0 Å². The van der Waals surface area contributed by atoms with Gasteiger partial charge in [-0.15, -0.1) is 0 Å². The van der Waals surface area contributed by atoms with Crippen molar-refractivity contribution in [3.05, 3.63) is 0 Å². The first-order valence-electron chi connectivity index (χ1n) is 5.20. The molecular formula is C9H19N7S. The molecule has 0 unspecified atom stereocenters. The standard InChI is InChI=1S/C9H19N7S/c1-15(2)5-6-17-9-12-7(14-10)11-8(13-9)16(3)4/h5-6,10H2,1-4H3,(H,11,12,13,14). The van der Waals surface area contributed by atoms with Gasteiger partial charge in [0, 0.05) is 26.4 Å². The molecule has 1 heterocycles. The Kier molecular flexibility index (Phi) is 5.39. The zero-order valence-corrected chi connectivity index (χ0v) is 11.5. The van der Waals surface area contributed by atoms with Crippen molar-refractivity contribution in [2.45, 2.75) is 5.16 Å². The minimum absolute atomic E-state index is 0.385. The summed E-state index contributed by atoms with van der Waals surface area (Å²) < 4.78 is 0. The number of hydrogen-bond acceptors (Lipinski definition) is 8. The highest BCUT2D eigenvalue weighted by atomic mass is 32.2. The zero-order valence-electron chi connectivity index (χ0n) is 10.6. The molecule has 0 fully saturated rings. The Bertz CT molecular complexity index is 355. The maximum absolute atomic E-state index is 5.33. The summed E-state index contributed by atoms with van der Waals surface area (Å²) in [6, 6.07) is 0. The van der Waals surface area contributed by atoms with E-state index in [2.05, 4.69) is 25.3 Å². The van der Waals surface area contributed by atoms with Crippen LogP contribution in [0.2, 0.25) is 0 Å². The van der Waals surface area contributed by atoms with Crippen molar-refractivity contribution in [2.75, 3.05) is 50.8 Å². The van der Waals surface area contributed by atoms with Crippen molar-refractivity contribution in [3.63, 3.8) is 0 Å². The van der Waals surface area contributed by atoms with E-state index < -0.39 is 0 Å². The number of nitrogens with two attached hydrogens (primary N) is 1. The summed E-state index contributed by atoms with van der Waals surface area (Å²) in [5.41, 5.74) is 2.45. The van der Waals surface area contributed by atoms with Crippen LogP contribution in [-0.4, -0.2) is 60.3 Å². The van der Waals surface area contributed by atoms with Crippen LogP contribution < -0.4 is 16.2 Å². The minimum Gasteiger partial charge on any atom is -0.347 e. The SMILES string of the molecule is CN(C)CCSc1nc(NN)nc(N(C)C)n1. The molecule has 96 valence electrons. The van der Waals surface area contributed by atoms with Gasteiger partial charge in [0.05, 0.1) is 0 Å². The zero-order chi connectivity index (χ0) is 12.8. The second kappa shape index (κ2) is 6.58. The Hall–Kier alpha value is -1.12. The van der Waals surface area contributed by atoms with E-state index in [0.717, 1.165) is 12.3 Å². The predicted molar refractivity (Wildman–Crippen MR) is 71.2 cm³/mol. The molecule has 0 aliphatic rings. The average Bonchev–Trinajstić information content (AvgIpc) is 2.28. The molecule has 1 aromatic heterocycles. The van der Waals surface area contributed by atoms with Crippen LogP contribution in [0.15, 0.2) is 5.16 Å². The van der Waals surface area contributed by atoms with Crippen LogP contribution in [0.5, 0.6) is 0 Å². The molecule has 7 nitrogen and oxygen atoms in total. The quantitative estimate of drug-likeness (QED) is 0.414. The molecule has 0 radical (unpaired) electrons. The first-order valence-corrected chi connectivity index (χ1v) is 6.19. The summed E-state index contributed by atoms with van der Waals surface area (Å²) in [4.78, 5) is 16.6. The molecule has 0 aromatic carbocycles. The van der Waals surface area contributed by atoms with Gasteiger partial charge in [0.15, 0.2) is 5.16 Å². The van der Waals surface area contributed by atoms with Crippen LogP contribution in [0.25, 0.3) is 0 Å². The van der Waals surface area contributed by atoms with Gasteiger partial charge in [0.1, 0.15) is 0 Å². The van der Waals surface area contributed by atoms with Gasteiger partial charge in [-0.1, -0.05) is 11.8 Å². The lowest BCUT2D eigenvalue weighted by atomic mass is 10.7. The molecule has 8 heteroatoms. The van der Waals surface area contributed by atoms with Gasteiger partial charge < -0.3 is 9.80 Å². The number of thioether (sulfide) groups is 1. The van der Waals surface area contributed by atoms with Gasteiger partial charge >= 0.3 is 0 Å². The van der Waals surface area contributed by atoms with E-state index in [1.54, 1.807) is 11.8 Å². The molecule has 0 saturated carbocycles. The number of hydrazine groups is 1. The number of nitrogens with one attached hydrogen (secondary N) is 1. The van der Waals surface area contributed by atoms with Crippen LogP contribution in [-0.2, 0) is 0 Å². The highest BCUT2D eigenvalue weighted by molar-refractivity contribution is 7.99. The van der Waals surface area contributed by atoms with Crippen molar-refractivity contribution in [2.24, 2.45) is 5.84 Å². The molecule has 17 heavy (non-hydrogen) atoms. The smallest absolute Gasteiger partial charge is 0.242 e. The summed E-state index contributed by atoms with van der Waals surface area (Å²) in [6.07, 6.45) is 0. The second-order valence-corrected chi connectivity index (χ2v) is 4.99. The third-order valence-electron chi connectivity index (χ3n) is 1.90. The van der Waals surface area contributed by atoms with Gasteiger partial charge in [-0.3, -0.25) is 5.43 Å². The summed E-state index contributed by atoms with van der Waals surface area (Å²) in [7, 11) is 7.83. The van der Waals surface area contributed by atoms with Crippen molar-refractivity contribution in [3.8, 4) is 0 Å². The minimum atomic E-state index is 0.385. The van der Waals surface area contributed by atoms with E-state index in [1.165, 1.54) is 0 Å². The lowest BCUT2D eigenvalue weighted by molar-refractivity contribution is 0.437. The Morgan fingerprint density at radius 2 is 1.88 bits per heavy atom. The van der Waals surface area contributed by atoms with E-state index >= 15 is 0 Å². The summed E-state index contributed by atoms with van der Waals surface area (Å²) in [6.45, 7) is 0.971. The van der Waals surface area contributed by atoms with Crippen LogP contribution in [0, 0.1) is 0 Å². The lowest BCUT2D eigenvalue weighted by Crippen LogP contribution is -2.18. The molecule has 0 atom stereocenters. The highest BCUT2D eigenvalue weighted by Gasteiger charge is 2.07. The number of aromatic nitrogens is 3. The topological polar surface area (TPSA) is 83.2 Å². The molecule has 1 rings (SSSR count). The monoisotopic (exact) mass is 257 g/mol. The molecule has 3 N–H and O–H groups in total. The number of hydrogen-bond donors (Lipinski definition) is 2. The fraction of sp³-hybridized carbons (Fsp3) is 0.667. The number of nitrogen functional groups attached to an aromatic ring is 1. The van der Waals surface area contributed by atoms with Crippen molar-refractivity contribution >= 4 is 23.7 Å². The van der Waals surface area contributed by atoms with Crippen LogP contribution in [0.1, 0.15) is 0 Å². The molecule has 0 amide bonds. The summed E-state index contributed by atoms with van der Waals surface area (Å²) in [5.74, 6) is 7.23. The van der Waals surface area contributed by atoms with Gasteiger partial charge in [-0.05, 0) is 14.1 Å². The molecule has 0 aliphatic carbocycles. The molecule has 0 saturated heterocycles. The first-order chi connectivity index (χ1) is 8.02. The van der Waals surface area contributed by atoms with Crippen LogP contribution in [0.4, 0.5) is 11.9 Å². The number of nitrogens with zero attached hydrogens (tertiary/aromatic N) is 5. The maximum Gasteiger partial charge on any atom is 0.242 e. The van der Waals surface area contributed by atoms with E-state index in [1.807, 2.05) is 33.1 Å². The van der Waals surface area contributed by atoms with Crippen molar-refractivity contribution in [1.29, 1.82) is 0 Å². The lowest BCUT2D eigenvalue weighted by Gasteiger charge is -2.12. The third-order valence-corrected chi connectivity index (χ3v) is 2.73. The Balaban J connectivity index is 2.73. The Labute approximate surface area is 106 Å². The third kappa shape index (κ3) is 4.72. The maximum atomic E-state index is 5.33. The van der Waals surface area contributed by atoms with Gasteiger partial charge in [0.2, 0.25) is 11.9 Å². The Morgan fingerprint density at radius 1 is 1.18 bits per heavy atom. The highest BCUT2D eigenvalue weighted by Crippen LogP contribution is 2.16. The van der Waals surface area contributed by atoms with Crippen molar-refractivity contribution < 1.29 is 0 Å². The van der Waals surface area contributed by atoms with E-state index in [9.17, 15) is 0 Å². The largest absolute Gasteiger partial charge is 0.347 e. The van der Waals surface area contributed by atoms with E-state index in [0.29, 0.717) is 17.1 Å². The molecule has 0 spiro atoms. The second-order valence-electron chi connectivity index (χ2n) is 3.93.